The van der Waals surface area contributed by atoms with Crippen LogP contribution in [-0.2, 0) is 16.3 Å². The Labute approximate surface area is 114 Å². The fourth-order valence-corrected chi connectivity index (χ4v) is 4.74. The second-order valence-corrected chi connectivity index (χ2v) is 7.48. The van der Waals surface area contributed by atoms with Gasteiger partial charge in [-0.3, -0.25) is 9.88 Å². The Morgan fingerprint density at radius 2 is 2.11 bits per heavy atom. The van der Waals surface area contributed by atoms with Gasteiger partial charge in [-0.15, -0.1) is 0 Å². The highest BCUT2D eigenvalue weighted by molar-refractivity contribution is 7.91. The van der Waals surface area contributed by atoms with Gasteiger partial charge in [-0.05, 0) is 37.6 Å². The molecule has 106 valence electrons. The molecule has 5 nitrogen and oxygen atoms in total. The van der Waals surface area contributed by atoms with Crippen molar-refractivity contribution in [2.75, 3.05) is 31.6 Å². The molecular weight excluding hydrogens is 262 g/mol. The molecule has 0 saturated carbocycles. The molecule has 1 aliphatic heterocycles. The van der Waals surface area contributed by atoms with Gasteiger partial charge in [0.15, 0.2) is 9.84 Å². The van der Waals surface area contributed by atoms with Crippen LogP contribution in [0.2, 0.25) is 0 Å². The van der Waals surface area contributed by atoms with Gasteiger partial charge in [0.25, 0.3) is 0 Å². The predicted molar refractivity (Wildman–Crippen MR) is 75.6 cm³/mol. The summed E-state index contributed by atoms with van der Waals surface area (Å²) in [5, 5.41) is 0. The molecule has 6 heteroatoms. The summed E-state index contributed by atoms with van der Waals surface area (Å²) in [6.45, 7) is 1.19. The van der Waals surface area contributed by atoms with Crippen molar-refractivity contribution in [3.63, 3.8) is 0 Å². The normalized spacial score (nSPS) is 25.8. The summed E-state index contributed by atoms with van der Waals surface area (Å²) in [5.74, 6) is 0.438. The molecule has 1 unspecified atom stereocenters. The fraction of sp³-hybridized carbons (Fsp3) is 0.615. The first-order chi connectivity index (χ1) is 8.97. The summed E-state index contributed by atoms with van der Waals surface area (Å²) >= 11 is 0. The predicted octanol–water partition coefficient (Wildman–Crippen LogP) is 0.0719. The number of nitrogens with two attached hydrogens (primary N) is 1. The maximum atomic E-state index is 11.7. The highest BCUT2D eigenvalue weighted by atomic mass is 32.2. The monoisotopic (exact) mass is 283 g/mol. The van der Waals surface area contributed by atoms with E-state index in [9.17, 15) is 8.42 Å². The molecule has 0 amide bonds. The molecule has 2 heterocycles. The molecule has 0 radical (unpaired) electrons. The Kier molecular flexibility index (Phi) is 4.23. The minimum absolute atomic E-state index is 0.184. The zero-order valence-electron chi connectivity index (χ0n) is 11.2. The summed E-state index contributed by atoms with van der Waals surface area (Å²) < 4.78 is 23.4. The summed E-state index contributed by atoms with van der Waals surface area (Å²) in [7, 11) is -0.958. The van der Waals surface area contributed by atoms with E-state index in [1.165, 1.54) is 5.56 Å². The zero-order chi connectivity index (χ0) is 13.9. The maximum absolute atomic E-state index is 11.7. The number of hydrogen-bond donors (Lipinski definition) is 1. The first-order valence-corrected chi connectivity index (χ1v) is 8.30. The fourth-order valence-electron chi connectivity index (χ4n) is 2.60. The first-order valence-electron chi connectivity index (χ1n) is 6.48. The van der Waals surface area contributed by atoms with E-state index in [2.05, 4.69) is 9.88 Å². The van der Waals surface area contributed by atoms with Crippen LogP contribution in [0, 0.1) is 0 Å². The molecule has 1 aliphatic rings. The Hall–Kier alpha value is -0.980. The van der Waals surface area contributed by atoms with Crippen LogP contribution in [0.5, 0.6) is 0 Å². The van der Waals surface area contributed by atoms with Crippen LogP contribution in [0.3, 0.4) is 0 Å². The number of nitrogens with zero attached hydrogens (tertiary/aromatic N) is 2. The molecule has 19 heavy (non-hydrogen) atoms. The van der Waals surface area contributed by atoms with E-state index in [0.29, 0.717) is 13.0 Å². The molecule has 1 atom stereocenters. The zero-order valence-corrected chi connectivity index (χ0v) is 12.1. The van der Waals surface area contributed by atoms with Crippen LogP contribution >= 0.6 is 0 Å². The van der Waals surface area contributed by atoms with Gasteiger partial charge in [0.2, 0.25) is 0 Å². The number of aromatic nitrogens is 1. The van der Waals surface area contributed by atoms with E-state index in [1.54, 1.807) is 12.4 Å². The Morgan fingerprint density at radius 1 is 1.42 bits per heavy atom. The average Bonchev–Trinajstić information content (AvgIpc) is 2.74. The molecule has 1 aromatic heterocycles. The molecule has 0 aromatic carbocycles. The molecule has 0 bridgehead atoms. The van der Waals surface area contributed by atoms with Crippen molar-refractivity contribution in [2.24, 2.45) is 5.73 Å². The van der Waals surface area contributed by atoms with E-state index in [4.69, 9.17) is 5.73 Å². The van der Waals surface area contributed by atoms with Gasteiger partial charge in [-0.1, -0.05) is 0 Å². The lowest BCUT2D eigenvalue weighted by atomic mass is 9.96. The van der Waals surface area contributed by atoms with Crippen molar-refractivity contribution in [1.82, 2.24) is 9.88 Å². The molecule has 0 spiro atoms. The standard InChI is InChI=1S/C13H21N3O2S/c1-16(8-4-12-2-6-15-7-3-12)13(10-14)5-9-19(17,18)11-13/h2-3,6-7H,4-5,8-11,14H2,1H3. The lowest BCUT2D eigenvalue weighted by Crippen LogP contribution is -2.53. The third-order valence-electron chi connectivity index (χ3n) is 4.04. The van der Waals surface area contributed by atoms with Crippen LogP contribution in [0.1, 0.15) is 12.0 Å². The smallest absolute Gasteiger partial charge is 0.152 e. The van der Waals surface area contributed by atoms with Crippen LogP contribution in [0.15, 0.2) is 24.5 Å². The van der Waals surface area contributed by atoms with Crippen molar-refractivity contribution in [3.05, 3.63) is 30.1 Å². The largest absolute Gasteiger partial charge is 0.329 e. The van der Waals surface area contributed by atoms with E-state index in [1.807, 2.05) is 19.2 Å². The van der Waals surface area contributed by atoms with Crippen LogP contribution < -0.4 is 5.73 Å². The molecule has 0 aliphatic carbocycles. The van der Waals surface area contributed by atoms with Gasteiger partial charge in [0.05, 0.1) is 11.5 Å². The van der Waals surface area contributed by atoms with Crippen LogP contribution in [0.4, 0.5) is 0 Å². The van der Waals surface area contributed by atoms with E-state index in [0.717, 1.165) is 13.0 Å². The Bertz CT molecular complexity index is 518. The third kappa shape index (κ3) is 3.32. The quantitative estimate of drug-likeness (QED) is 0.827. The van der Waals surface area contributed by atoms with Gasteiger partial charge in [0, 0.05) is 31.0 Å². The molecule has 2 rings (SSSR count). The van der Waals surface area contributed by atoms with Crippen molar-refractivity contribution in [2.45, 2.75) is 18.4 Å². The van der Waals surface area contributed by atoms with Gasteiger partial charge < -0.3 is 5.73 Å². The highest BCUT2D eigenvalue weighted by Crippen LogP contribution is 2.28. The molecular formula is C13H21N3O2S. The van der Waals surface area contributed by atoms with Crippen molar-refractivity contribution in [1.29, 1.82) is 0 Å². The van der Waals surface area contributed by atoms with Crippen molar-refractivity contribution >= 4 is 9.84 Å². The summed E-state index contributed by atoms with van der Waals surface area (Å²) in [6.07, 6.45) is 5.06. The van der Waals surface area contributed by atoms with E-state index in [-0.39, 0.29) is 17.0 Å². The van der Waals surface area contributed by atoms with Crippen LogP contribution in [-0.4, -0.2) is 55.5 Å². The van der Waals surface area contributed by atoms with E-state index >= 15 is 0 Å². The lowest BCUT2D eigenvalue weighted by molar-refractivity contribution is 0.153. The van der Waals surface area contributed by atoms with E-state index < -0.39 is 9.84 Å². The number of pyridine rings is 1. The molecule has 1 aromatic rings. The number of likely N-dealkylation sites (N-methyl/N-ethyl adjacent to an activating group) is 1. The summed E-state index contributed by atoms with van der Waals surface area (Å²) in [5.41, 5.74) is 6.66. The molecule has 2 N–H and O–H groups in total. The minimum Gasteiger partial charge on any atom is -0.329 e. The van der Waals surface area contributed by atoms with Crippen molar-refractivity contribution < 1.29 is 8.42 Å². The Balaban J connectivity index is 2.00. The lowest BCUT2D eigenvalue weighted by Gasteiger charge is -2.36. The third-order valence-corrected chi connectivity index (χ3v) is 5.85. The summed E-state index contributed by atoms with van der Waals surface area (Å²) in [4.78, 5) is 6.09. The highest BCUT2D eigenvalue weighted by Gasteiger charge is 2.43. The van der Waals surface area contributed by atoms with Gasteiger partial charge >= 0.3 is 0 Å². The van der Waals surface area contributed by atoms with Crippen LogP contribution in [0.25, 0.3) is 0 Å². The average molecular weight is 283 g/mol. The summed E-state index contributed by atoms with van der Waals surface area (Å²) in [6, 6.07) is 3.96. The minimum atomic E-state index is -2.93. The van der Waals surface area contributed by atoms with Gasteiger partial charge in [0.1, 0.15) is 0 Å². The number of rotatable bonds is 5. The Morgan fingerprint density at radius 3 is 2.63 bits per heavy atom. The first kappa shape index (κ1) is 14.4. The second-order valence-electron chi connectivity index (χ2n) is 5.30. The number of sulfone groups is 1. The van der Waals surface area contributed by atoms with Crippen molar-refractivity contribution in [3.8, 4) is 0 Å². The molecule has 1 saturated heterocycles. The SMILES string of the molecule is CN(CCc1ccncc1)C1(CN)CCS(=O)(=O)C1. The molecule has 1 fully saturated rings. The number of hydrogen-bond acceptors (Lipinski definition) is 5. The van der Waals surface area contributed by atoms with Gasteiger partial charge in [-0.2, -0.15) is 0 Å². The second kappa shape index (κ2) is 5.56. The topological polar surface area (TPSA) is 76.3 Å². The van der Waals surface area contributed by atoms with Gasteiger partial charge in [-0.25, -0.2) is 8.42 Å². The maximum Gasteiger partial charge on any atom is 0.152 e.